The van der Waals surface area contributed by atoms with Crippen LogP contribution in [0.5, 0.6) is 5.75 Å². The number of phenolic OH excluding ortho intramolecular Hbond substituents is 1. The summed E-state index contributed by atoms with van der Waals surface area (Å²) in [6.07, 6.45) is 1.70. The summed E-state index contributed by atoms with van der Waals surface area (Å²) in [5, 5.41) is 12.9. The van der Waals surface area contributed by atoms with Gasteiger partial charge >= 0.3 is 0 Å². The lowest BCUT2D eigenvalue weighted by Gasteiger charge is -2.12. The number of anilines is 2. The molecule has 0 saturated heterocycles. The zero-order valence-electron chi connectivity index (χ0n) is 14.2. The van der Waals surface area contributed by atoms with Gasteiger partial charge in [-0.3, -0.25) is 9.52 Å². The lowest BCUT2D eigenvalue weighted by atomic mass is 10.3. The highest BCUT2D eigenvalue weighted by atomic mass is 35.5. The smallest absolute Gasteiger partial charge is 0.272 e. The van der Waals surface area contributed by atoms with Crippen LogP contribution in [-0.2, 0) is 17.1 Å². The van der Waals surface area contributed by atoms with Crippen molar-refractivity contribution in [3.8, 4) is 5.75 Å². The molecule has 0 atom stereocenters. The van der Waals surface area contributed by atoms with Crippen LogP contribution in [0.1, 0.15) is 10.5 Å². The number of nitrogens with one attached hydrogen (secondary N) is 2. The molecule has 1 aromatic heterocycles. The Morgan fingerprint density at radius 1 is 1.11 bits per heavy atom. The maximum absolute atomic E-state index is 12.6. The van der Waals surface area contributed by atoms with Crippen LogP contribution < -0.4 is 10.0 Å². The maximum Gasteiger partial charge on any atom is 0.272 e. The van der Waals surface area contributed by atoms with Crippen molar-refractivity contribution in [2.24, 2.45) is 7.05 Å². The molecule has 0 spiro atoms. The highest BCUT2D eigenvalue weighted by Crippen LogP contribution is 2.28. The van der Waals surface area contributed by atoms with Crippen LogP contribution in [0.4, 0.5) is 11.4 Å². The van der Waals surface area contributed by atoms with Crippen LogP contribution in [0, 0.1) is 0 Å². The van der Waals surface area contributed by atoms with Crippen molar-refractivity contribution in [3.05, 3.63) is 71.5 Å². The van der Waals surface area contributed by atoms with Gasteiger partial charge in [0.25, 0.3) is 15.9 Å². The molecule has 9 heteroatoms. The van der Waals surface area contributed by atoms with Gasteiger partial charge < -0.3 is 15.0 Å². The Hall–Kier alpha value is -2.97. The van der Waals surface area contributed by atoms with E-state index in [9.17, 15) is 18.3 Å². The lowest BCUT2D eigenvalue weighted by molar-refractivity contribution is 0.101. The third kappa shape index (κ3) is 4.24. The molecule has 0 aliphatic carbocycles. The summed E-state index contributed by atoms with van der Waals surface area (Å²) in [6, 6.07) is 13.2. The fraction of sp³-hybridized carbons (Fsp3) is 0.0556. The predicted octanol–water partition coefficient (Wildman–Crippen LogP) is 3.44. The molecule has 0 aliphatic heterocycles. The second-order valence-corrected chi connectivity index (χ2v) is 7.87. The van der Waals surface area contributed by atoms with Crippen LogP contribution in [0.25, 0.3) is 0 Å². The Kier molecular flexibility index (Phi) is 5.11. The highest BCUT2D eigenvalue weighted by molar-refractivity contribution is 7.92. The number of phenols is 1. The van der Waals surface area contributed by atoms with E-state index in [0.29, 0.717) is 16.4 Å². The first-order valence-corrected chi connectivity index (χ1v) is 9.66. The quantitative estimate of drug-likeness (QED) is 0.566. The van der Waals surface area contributed by atoms with Gasteiger partial charge in [0.05, 0.1) is 16.3 Å². The Morgan fingerprint density at radius 3 is 2.56 bits per heavy atom. The predicted molar refractivity (Wildman–Crippen MR) is 104 cm³/mol. The number of hydrogen-bond donors (Lipinski definition) is 3. The Labute approximate surface area is 161 Å². The largest absolute Gasteiger partial charge is 0.506 e. The van der Waals surface area contributed by atoms with Gasteiger partial charge in [-0.25, -0.2) is 8.42 Å². The summed E-state index contributed by atoms with van der Waals surface area (Å²) >= 11 is 5.87. The van der Waals surface area contributed by atoms with Crippen molar-refractivity contribution in [2.75, 3.05) is 10.0 Å². The zero-order chi connectivity index (χ0) is 19.6. The topological polar surface area (TPSA) is 100 Å². The number of carbonyl (C=O) groups excluding carboxylic acids is 1. The molecule has 0 saturated carbocycles. The molecule has 1 amide bonds. The van der Waals surface area contributed by atoms with E-state index in [1.165, 1.54) is 24.3 Å². The van der Waals surface area contributed by atoms with Gasteiger partial charge in [0, 0.05) is 18.3 Å². The third-order valence-corrected chi connectivity index (χ3v) is 5.39. The number of aromatic hydroxyl groups is 1. The molecule has 2 aromatic carbocycles. The molecule has 0 aliphatic rings. The maximum atomic E-state index is 12.6. The molecular weight excluding hydrogens is 390 g/mol. The van der Waals surface area contributed by atoms with Gasteiger partial charge in [0.15, 0.2) is 0 Å². The summed E-state index contributed by atoms with van der Waals surface area (Å²) in [6.45, 7) is 0. The summed E-state index contributed by atoms with van der Waals surface area (Å²) in [5.41, 5.74) is 0.639. The first kappa shape index (κ1) is 18.8. The van der Waals surface area contributed by atoms with Gasteiger partial charge in [-0.05, 0) is 48.5 Å². The third-order valence-electron chi connectivity index (χ3n) is 3.78. The highest BCUT2D eigenvalue weighted by Gasteiger charge is 2.18. The van der Waals surface area contributed by atoms with Crippen LogP contribution in [-0.4, -0.2) is 24.0 Å². The molecule has 140 valence electrons. The number of nitrogens with zero attached hydrogens (tertiary/aromatic N) is 1. The van der Waals surface area contributed by atoms with Crippen molar-refractivity contribution < 1.29 is 18.3 Å². The van der Waals surface area contributed by atoms with Crippen molar-refractivity contribution in [3.63, 3.8) is 0 Å². The van der Waals surface area contributed by atoms with E-state index in [4.69, 9.17) is 11.6 Å². The van der Waals surface area contributed by atoms with E-state index >= 15 is 0 Å². The number of benzene rings is 2. The SMILES string of the molecule is Cn1cccc1C(=O)Nc1cc(S(=O)(=O)Nc2cccc(Cl)c2)ccc1O. The van der Waals surface area contributed by atoms with Gasteiger partial charge in [-0.1, -0.05) is 17.7 Å². The second-order valence-electron chi connectivity index (χ2n) is 5.75. The minimum absolute atomic E-state index is 0.0184. The zero-order valence-corrected chi connectivity index (χ0v) is 15.8. The van der Waals surface area contributed by atoms with E-state index in [0.717, 1.165) is 0 Å². The van der Waals surface area contributed by atoms with Gasteiger partial charge in [-0.2, -0.15) is 0 Å². The van der Waals surface area contributed by atoms with E-state index in [1.807, 2.05) is 0 Å². The van der Waals surface area contributed by atoms with Crippen molar-refractivity contribution in [1.29, 1.82) is 0 Å². The number of aryl methyl sites for hydroxylation is 1. The average Bonchev–Trinajstić information content (AvgIpc) is 3.02. The van der Waals surface area contributed by atoms with Crippen LogP contribution >= 0.6 is 11.6 Å². The number of hydrogen-bond acceptors (Lipinski definition) is 4. The number of halogens is 1. The molecule has 0 radical (unpaired) electrons. The van der Waals surface area contributed by atoms with Crippen LogP contribution in [0.2, 0.25) is 5.02 Å². The van der Waals surface area contributed by atoms with Gasteiger partial charge in [0.1, 0.15) is 11.4 Å². The second kappa shape index (κ2) is 7.34. The fourth-order valence-corrected chi connectivity index (χ4v) is 3.70. The standard InChI is InChI=1S/C18H16ClN3O4S/c1-22-9-3-6-16(22)18(24)20-15-11-14(7-8-17(15)23)27(25,26)21-13-5-2-4-12(19)10-13/h2-11,21,23H,1H3,(H,20,24). The molecule has 27 heavy (non-hydrogen) atoms. The Morgan fingerprint density at radius 2 is 1.89 bits per heavy atom. The number of amides is 1. The van der Waals surface area contributed by atoms with E-state index in [-0.39, 0.29) is 16.3 Å². The van der Waals surface area contributed by atoms with Crippen LogP contribution in [0.3, 0.4) is 0 Å². The van der Waals surface area contributed by atoms with E-state index in [2.05, 4.69) is 10.0 Å². The van der Waals surface area contributed by atoms with Gasteiger partial charge in [0.2, 0.25) is 0 Å². The molecule has 0 bridgehead atoms. The van der Waals surface area contributed by atoms with Crippen molar-refractivity contribution in [2.45, 2.75) is 4.90 Å². The number of rotatable bonds is 5. The molecule has 1 heterocycles. The Bertz CT molecular complexity index is 1110. The lowest BCUT2D eigenvalue weighted by Crippen LogP contribution is -2.17. The minimum atomic E-state index is -3.94. The van der Waals surface area contributed by atoms with Gasteiger partial charge in [-0.15, -0.1) is 0 Å². The summed E-state index contributed by atoms with van der Waals surface area (Å²) in [4.78, 5) is 12.2. The fourth-order valence-electron chi connectivity index (χ4n) is 2.43. The van der Waals surface area contributed by atoms with E-state index in [1.54, 1.807) is 48.1 Å². The summed E-state index contributed by atoms with van der Waals surface area (Å²) in [7, 11) is -2.24. The monoisotopic (exact) mass is 405 g/mol. The van der Waals surface area contributed by atoms with E-state index < -0.39 is 15.9 Å². The first-order valence-electron chi connectivity index (χ1n) is 7.80. The number of sulfonamides is 1. The average molecular weight is 406 g/mol. The van der Waals surface area contributed by atoms with Crippen LogP contribution in [0.15, 0.2) is 65.7 Å². The molecule has 0 fully saturated rings. The molecular formula is C18H16ClN3O4S. The van der Waals surface area contributed by atoms with Crippen molar-refractivity contribution in [1.82, 2.24) is 4.57 Å². The van der Waals surface area contributed by atoms with Crippen molar-refractivity contribution >= 4 is 38.9 Å². The number of aromatic nitrogens is 1. The molecule has 3 N–H and O–H groups in total. The molecule has 7 nitrogen and oxygen atoms in total. The normalized spacial score (nSPS) is 11.2. The number of carbonyl (C=O) groups is 1. The minimum Gasteiger partial charge on any atom is -0.506 e. The Balaban J connectivity index is 1.88. The first-order chi connectivity index (χ1) is 12.8. The summed E-state index contributed by atoms with van der Waals surface area (Å²) < 4.78 is 29.2. The molecule has 0 unspecified atom stereocenters. The molecule has 3 rings (SSSR count). The summed E-state index contributed by atoms with van der Waals surface area (Å²) in [5.74, 6) is -0.727. The molecule has 3 aromatic rings.